The number of nitrogens with two attached hydrogens (primary N) is 1. The fourth-order valence-electron chi connectivity index (χ4n) is 4.81. The first-order chi connectivity index (χ1) is 18.1. The van der Waals surface area contributed by atoms with E-state index in [4.69, 9.17) is 20.0 Å². The van der Waals surface area contributed by atoms with E-state index in [9.17, 15) is 4.79 Å². The summed E-state index contributed by atoms with van der Waals surface area (Å²) in [7, 11) is 1.75. The Morgan fingerprint density at radius 3 is 2.05 bits per heavy atom. The molecular weight excluding hydrogens is 466 g/mol. The topological polar surface area (TPSA) is 86.4 Å². The highest BCUT2D eigenvalue weighted by molar-refractivity contribution is 6.11. The van der Waals surface area contributed by atoms with Crippen molar-refractivity contribution in [2.24, 2.45) is 10.7 Å². The molecule has 4 aromatic carbocycles. The number of guanidine groups is 1. The summed E-state index contributed by atoms with van der Waals surface area (Å²) >= 11 is 0. The van der Waals surface area contributed by atoms with E-state index in [1.807, 2.05) is 91.0 Å². The molecule has 37 heavy (non-hydrogen) atoms. The maximum Gasteiger partial charge on any atom is 0.243 e. The number of nitrogens with zero attached hydrogens (tertiary/aromatic N) is 2. The highest BCUT2D eigenvalue weighted by Crippen LogP contribution is 2.46. The highest BCUT2D eigenvalue weighted by atomic mass is 16.7. The highest BCUT2D eigenvalue weighted by Gasteiger charge is 2.47. The molecule has 1 spiro atoms. The average molecular weight is 492 g/mol. The van der Waals surface area contributed by atoms with E-state index in [2.05, 4.69) is 4.99 Å². The summed E-state index contributed by atoms with van der Waals surface area (Å²) in [4.78, 5) is 22.9. The Labute approximate surface area is 214 Å². The van der Waals surface area contributed by atoms with Crippen LogP contribution in [0.5, 0.6) is 11.5 Å². The van der Waals surface area contributed by atoms with Gasteiger partial charge < -0.3 is 15.2 Å². The molecule has 7 rings (SSSR count). The van der Waals surface area contributed by atoms with Crippen LogP contribution in [0.3, 0.4) is 0 Å². The van der Waals surface area contributed by atoms with Crippen LogP contribution >= 0.6 is 0 Å². The predicted octanol–water partition coefficient (Wildman–Crippen LogP) is 4.78. The quantitative estimate of drug-likeness (QED) is 0.381. The lowest BCUT2D eigenvalue weighted by Crippen LogP contribution is -2.32. The van der Waals surface area contributed by atoms with Crippen molar-refractivity contribution >= 4 is 11.7 Å². The fraction of sp³-hybridized carbons (Fsp3) is 0.133. The van der Waals surface area contributed by atoms with Gasteiger partial charge in [-0.15, -0.1) is 0 Å². The first-order valence-corrected chi connectivity index (χ1v) is 12.0. The molecule has 3 aliphatic heterocycles. The summed E-state index contributed by atoms with van der Waals surface area (Å²) < 4.78 is 11.5. The van der Waals surface area contributed by atoms with Gasteiger partial charge in [0.25, 0.3) is 0 Å². The fourth-order valence-corrected chi connectivity index (χ4v) is 4.81. The van der Waals surface area contributed by atoms with Gasteiger partial charge in [-0.25, -0.2) is 14.9 Å². The first-order valence-electron chi connectivity index (χ1n) is 12.0. The number of para-hydroxylation sites is 2. The Bertz CT molecular complexity index is 1430. The van der Waals surface area contributed by atoms with Crippen LogP contribution in [0, 0.1) is 0 Å². The monoisotopic (exact) mass is 491 g/mol. The third kappa shape index (κ3) is 3.90. The zero-order valence-corrected chi connectivity index (χ0v) is 20.3. The van der Waals surface area contributed by atoms with Crippen LogP contribution in [0.25, 0.3) is 0 Å². The number of hydrogen-bond acceptors (Lipinski definition) is 7. The second kappa shape index (κ2) is 9.11. The summed E-state index contributed by atoms with van der Waals surface area (Å²) in [5.41, 5.74) is 10.2. The smallest absolute Gasteiger partial charge is 0.243 e. The van der Waals surface area contributed by atoms with Gasteiger partial charge in [-0.1, -0.05) is 72.8 Å². The maximum absolute atomic E-state index is 12.2. The molecule has 3 aliphatic rings. The summed E-state index contributed by atoms with van der Waals surface area (Å²) in [5, 5.41) is 1.50. The molecule has 2 N–H and O–H groups in total. The number of fused-ring (bicyclic) bond motifs is 6. The third-order valence-corrected chi connectivity index (χ3v) is 6.66. The average Bonchev–Trinajstić information content (AvgIpc) is 3.08. The summed E-state index contributed by atoms with van der Waals surface area (Å²) in [6.45, 7) is 0.941. The number of aliphatic imine (C=N–C) groups is 1. The number of benzene rings is 4. The summed E-state index contributed by atoms with van der Waals surface area (Å²) in [6.07, 6.45) is 0. The molecule has 0 aliphatic carbocycles. The van der Waals surface area contributed by atoms with E-state index in [-0.39, 0.29) is 5.78 Å². The predicted molar refractivity (Wildman–Crippen MR) is 139 cm³/mol. The molecule has 0 saturated heterocycles. The largest absolute Gasteiger partial charge is 0.488 e. The molecule has 0 fully saturated rings. The van der Waals surface area contributed by atoms with Crippen molar-refractivity contribution in [3.8, 4) is 11.5 Å². The van der Waals surface area contributed by atoms with Gasteiger partial charge in [0.2, 0.25) is 11.7 Å². The van der Waals surface area contributed by atoms with Crippen molar-refractivity contribution in [2.45, 2.75) is 18.9 Å². The second-order valence-corrected chi connectivity index (χ2v) is 8.92. The maximum atomic E-state index is 12.2. The molecule has 1 unspecified atom stereocenters. The standard InChI is InChI=1S/C16H15N3O2.C14H10O2/c1-19-15(17)18-16(21-19)12-7-3-2-6-11(12)10-20-14-9-5-4-8-13(14)16;15-14-11-6-2-1-5-10(11)9-16-13-8-4-3-7-12(13)14/h2-9H,10H2,1H3,(H2,17,18);1-8H,9H2. The van der Waals surface area contributed by atoms with E-state index in [0.29, 0.717) is 30.5 Å². The number of carbonyl (C=O) groups excluding carboxylic acids is 1. The molecule has 4 aromatic rings. The van der Waals surface area contributed by atoms with Crippen LogP contribution in [0.2, 0.25) is 0 Å². The molecule has 184 valence electrons. The molecule has 1 atom stereocenters. The number of rotatable bonds is 0. The van der Waals surface area contributed by atoms with Gasteiger partial charge in [0.1, 0.15) is 24.7 Å². The molecular formula is C30H25N3O4. The van der Waals surface area contributed by atoms with Crippen molar-refractivity contribution in [3.63, 3.8) is 0 Å². The van der Waals surface area contributed by atoms with E-state index in [0.717, 1.165) is 33.6 Å². The van der Waals surface area contributed by atoms with Gasteiger partial charge in [-0.05, 0) is 29.8 Å². The Kier molecular flexibility index (Phi) is 5.62. The molecule has 0 aromatic heterocycles. The summed E-state index contributed by atoms with van der Waals surface area (Å²) in [6, 6.07) is 30.7. The van der Waals surface area contributed by atoms with Gasteiger partial charge >= 0.3 is 0 Å². The lowest BCUT2D eigenvalue weighted by atomic mass is 9.91. The van der Waals surface area contributed by atoms with E-state index in [1.54, 1.807) is 13.1 Å². The number of hydrogen-bond donors (Lipinski definition) is 1. The van der Waals surface area contributed by atoms with Gasteiger partial charge in [0.15, 0.2) is 5.78 Å². The molecule has 0 amide bonds. The normalized spacial score (nSPS) is 18.9. The zero-order valence-electron chi connectivity index (χ0n) is 20.3. The van der Waals surface area contributed by atoms with Gasteiger partial charge in [-0.3, -0.25) is 4.79 Å². The van der Waals surface area contributed by atoms with Crippen molar-refractivity contribution in [1.82, 2.24) is 5.06 Å². The molecule has 7 nitrogen and oxygen atoms in total. The van der Waals surface area contributed by atoms with Crippen LogP contribution in [0.15, 0.2) is 102 Å². The van der Waals surface area contributed by atoms with Crippen molar-refractivity contribution < 1.29 is 19.1 Å². The van der Waals surface area contributed by atoms with Crippen LogP contribution in [0.1, 0.15) is 38.2 Å². The Balaban J connectivity index is 0.000000141. The number of carbonyl (C=O) groups is 1. The number of ketones is 1. The van der Waals surface area contributed by atoms with E-state index < -0.39 is 5.72 Å². The SMILES string of the molecule is CN1OC2(N=C1N)c1ccccc1COc1ccccc12.O=C1c2ccccc2COc2ccccc21. The van der Waals surface area contributed by atoms with Crippen molar-refractivity contribution in [2.75, 3.05) is 7.05 Å². The number of ether oxygens (including phenoxy) is 2. The molecule has 3 heterocycles. The Morgan fingerprint density at radius 2 is 1.30 bits per heavy atom. The van der Waals surface area contributed by atoms with Crippen LogP contribution in [0.4, 0.5) is 0 Å². The van der Waals surface area contributed by atoms with E-state index >= 15 is 0 Å². The first kappa shape index (κ1) is 22.8. The van der Waals surface area contributed by atoms with Crippen LogP contribution in [-0.4, -0.2) is 23.9 Å². The van der Waals surface area contributed by atoms with Crippen LogP contribution < -0.4 is 15.2 Å². The number of hydroxylamine groups is 2. The minimum Gasteiger partial charge on any atom is -0.488 e. The molecule has 0 saturated carbocycles. The minimum atomic E-state index is -0.970. The molecule has 7 heteroatoms. The summed E-state index contributed by atoms with van der Waals surface area (Å²) in [5.74, 6) is 1.83. The molecule has 0 bridgehead atoms. The van der Waals surface area contributed by atoms with Gasteiger partial charge in [0, 0.05) is 23.7 Å². The lowest BCUT2D eigenvalue weighted by Gasteiger charge is -2.27. The van der Waals surface area contributed by atoms with Crippen molar-refractivity contribution in [1.29, 1.82) is 0 Å². The molecule has 0 radical (unpaired) electrons. The van der Waals surface area contributed by atoms with Gasteiger partial charge in [0.05, 0.1) is 11.1 Å². The van der Waals surface area contributed by atoms with Gasteiger partial charge in [-0.2, -0.15) is 0 Å². The van der Waals surface area contributed by atoms with Crippen molar-refractivity contribution in [3.05, 3.63) is 130 Å². The minimum absolute atomic E-state index is 0.0451. The van der Waals surface area contributed by atoms with E-state index in [1.165, 1.54) is 5.06 Å². The lowest BCUT2D eigenvalue weighted by molar-refractivity contribution is -0.152. The second-order valence-electron chi connectivity index (χ2n) is 8.92. The zero-order chi connectivity index (χ0) is 25.4. The Morgan fingerprint density at radius 1 is 0.730 bits per heavy atom. The van der Waals surface area contributed by atoms with Crippen LogP contribution in [-0.2, 0) is 23.8 Å². The Hall–Kier alpha value is -4.62. The third-order valence-electron chi connectivity index (χ3n) is 6.66.